The van der Waals surface area contributed by atoms with E-state index in [4.69, 9.17) is 11.6 Å². The number of halogens is 1. The highest BCUT2D eigenvalue weighted by atomic mass is 35.5. The van der Waals surface area contributed by atoms with Gasteiger partial charge in [-0.25, -0.2) is 9.97 Å². The first-order chi connectivity index (χ1) is 10.1. The Bertz CT molecular complexity index is 602. The Morgan fingerprint density at radius 2 is 2.00 bits per heavy atom. The quantitative estimate of drug-likeness (QED) is 0.739. The predicted octanol–water partition coefficient (Wildman–Crippen LogP) is 5.23. The smallest absolute Gasteiger partial charge is 0.134 e. The molecule has 0 spiro atoms. The van der Waals surface area contributed by atoms with E-state index in [-0.39, 0.29) is 0 Å². The van der Waals surface area contributed by atoms with Gasteiger partial charge in [0.2, 0.25) is 0 Å². The van der Waals surface area contributed by atoms with Crippen LogP contribution in [0.4, 0.5) is 5.82 Å². The fraction of sp³-hybridized carbons (Fsp3) is 0.375. The van der Waals surface area contributed by atoms with Gasteiger partial charge in [0.05, 0.1) is 5.02 Å². The Balaban J connectivity index is 2.36. The van der Waals surface area contributed by atoms with Gasteiger partial charge in [-0.15, -0.1) is 0 Å². The molecular formula is C16H20ClN3S. The van der Waals surface area contributed by atoms with Gasteiger partial charge in [0.15, 0.2) is 0 Å². The summed E-state index contributed by atoms with van der Waals surface area (Å²) in [5.41, 5.74) is 1.15. The second kappa shape index (κ2) is 7.66. The van der Waals surface area contributed by atoms with Crippen molar-refractivity contribution in [3.63, 3.8) is 0 Å². The van der Waals surface area contributed by atoms with Crippen molar-refractivity contribution in [1.82, 2.24) is 9.97 Å². The van der Waals surface area contributed by atoms with Gasteiger partial charge in [-0.05, 0) is 24.5 Å². The zero-order chi connectivity index (χ0) is 15.2. The Morgan fingerprint density at radius 3 is 2.67 bits per heavy atom. The van der Waals surface area contributed by atoms with Crippen LogP contribution in [0, 0.1) is 0 Å². The molecule has 2 aromatic rings. The summed E-state index contributed by atoms with van der Waals surface area (Å²) in [5, 5.41) is 5.10. The summed E-state index contributed by atoms with van der Waals surface area (Å²) < 4.78 is 0. The first-order valence-electron chi connectivity index (χ1n) is 7.14. The molecule has 1 aromatic heterocycles. The molecule has 1 aromatic carbocycles. The Kier molecular flexibility index (Phi) is 5.88. The number of rotatable bonds is 6. The van der Waals surface area contributed by atoms with E-state index >= 15 is 0 Å². The van der Waals surface area contributed by atoms with E-state index < -0.39 is 0 Å². The maximum atomic E-state index is 6.25. The molecule has 112 valence electrons. The van der Waals surface area contributed by atoms with Crippen LogP contribution in [0.2, 0.25) is 5.02 Å². The van der Waals surface area contributed by atoms with E-state index in [0.29, 0.717) is 5.92 Å². The molecular weight excluding hydrogens is 302 g/mol. The van der Waals surface area contributed by atoms with E-state index in [1.807, 2.05) is 24.3 Å². The summed E-state index contributed by atoms with van der Waals surface area (Å²) in [6, 6.07) is 7.83. The second-order valence-electron chi connectivity index (χ2n) is 5.06. The van der Waals surface area contributed by atoms with E-state index in [0.717, 1.165) is 39.3 Å². The van der Waals surface area contributed by atoms with E-state index in [9.17, 15) is 0 Å². The van der Waals surface area contributed by atoms with Crippen LogP contribution in [-0.2, 0) is 0 Å². The van der Waals surface area contributed by atoms with Crippen LogP contribution >= 0.6 is 23.4 Å². The molecule has 1 heterocycles. The van der Waals surface area contributed by atoms with Crippen LogP contribution in [0.25, 0.3) is 0 Å². The Morgan fingerprint density at radius 1 is 1.24 bits per heavy atom. The lowest BCUT2D eigenvalue weighted by molar-refractivity contribution is 0.800. The maximum Gasteiger partial charge on any atom is 0.134 e. The number of aromatic nitrogens is 2. The summed E-state index contributed by atoms with van der Waals surface area (Å²) in [4.78, 5) is 9.87. The SMILES string of the molecule is CCCNc1ncnc(Sc2ccccc2Cl)c1C(C)C. The predicted molar refractivity (Wildman–Crippen MR) is 90.5 cm³/mol. The van der Waals surface area contributed by atoms with Gasteiger partial charge in [0.25, 0.3) is 0 Å². The molecule has 0 fully saturated rings. The van der Waals surface area contributed by atoms with Crippen molar-refractivity contribution in [2.75, 3.05) is 11.9 Å². The molecule has 2 rings (SSSR count). The van der Waals surface area contributed by atoms with Gasteiger partial charge in [0.1, 0.15) is 17.2 Å². The molecule has 0 amide bonds. The summed E-state index contributed by atoms with van der Waals surface area (Å²) >= 11 is 7.84. The fourth-order valence-corrected chi connectivity index (χ4v) is 3.31. The Hall–Kier alpha value is -1.26. The molecule has 0 unspecified atom stereocenters. The first-order valence-corrected chi connectivity index (χ1v) is 8.34. The van der Waals surface area contributed by atoms with Crippen LogP contribution < -0.4 is 5.32 Å². The van der Waals surface area contributed by atoms with Gasteiger partial charge in [0, 0.05) is 17.0 Å². The van der Waals surface area contributed by atoms with Crippen molar-refractivity contribution in [1.29, 1.82) is 0 Å². The largest absolute Gasteiger partial charge is 0.370 e. The van der Waals surface area contributed by atoms with E-state index in [1.54, 1.807) is 18.1 Å². The molecule has 0 saturated carbocycles. The zero-order valence-corrected chi connectivity index (χ0v) is 14.1. The molecule has 0 aliphatic heterocycles. The molecule has 0 aliphatic rings. The van der Waals surface area contributed by atoms with Crippen LogP contribution in [0.1, 0.15) is 38.7 Å². The summed E-state index contributed by atoms with van der Waals surface area (Å²) in [6.45, 7) is 7.37. The Labute approximate surface area is 135 Å². The van der Waals surface area contributed by atoms with Gasteiger partial charge in [-0.1, -0.05) is 56.3 Å². The highest BCUT2D eigenvalue weighted by molar-refractivity contribution is 7.99. The van der Waals surface area contributed by atoms with Crippen molar-refractivity contribution < 1.29 is 0 Å². The minimum absolute atomic E-state index is 0.343. The van der Waals surface area contributed by atoms with Crippen LogP contribution in [0.5, 0.6) is 0 Å². The zero-order valence-electron chi connectivity index (χ0n) is 12.6. The van der Waals surface area contributed by atoms with Gasteiger partial charge < -0.3 is 5.32 Å². The lowest BCUT2D eigenvalue weighted by Gasteiger charge is -2.16. The van der Waals surface area contributed by atoms with Gasteiger partial charge in [-0.3, -0.25) is 0 Å². The number of nitrogens with one attached hydrogen (secondary N) is 1. The fourth-order valence-electron chi connectivity index (χ4n) is 2.00. The van der Waals surface area contributed by atoms with E-state index in [2.05, 4.69) is 36.1 Å². The first kappa shape index (κ1) is 16.1. The highest BCUT2D eigenvalue weighted by Crippen LogP contribution is 2.38. The summed E-state index contributed by atoms with van der Waals surface area (Å²) in [6.07, 6.45) is 2.68. The molecule has 0 bridgehead atoms. The standard InChI is InChI=1S/C16H20ClN3S/c1-4-9-18-15-14(11(2)3)16(20-10-19-15)21-13-8-6-5-7-12(13)17/h5-8,10-11H,4,9H2,1-3H3,(H,18,19,20). The van der Waals surface area contributed by atoms with Crippen molar-refractivity contribution in [2.24, 2.45) is 0 Å². The van der Waals surface area contributed by atoms with Crippen LogP contribution in [-0.4, -0.2) is 16.5 Å². The van der Waals surface area contributed by atoms with Gasteiger partial charge >= 0.3 is 0 Å². The lowest BCUT2D eigenvalue weighted by atomic mass is 10.1. The maximum absolute atomic E-state index is 6.25. The molecule has 0 aliphatic carbocycles. The third-order valence-electron chi connectivity index (χ3n) is 3.01. The number of hydrogen-bond acceptors (Lipinski definition) is 4. The molecule has 5 heteroatoms. The topological polar surface area (TPSA) is 37.8 Å². The number of hydrogen-bond donors (Lipinski definition) is 1. The number of benzene rings is 1. The van der Waals surface area contributed by atoms with Crippen LogP contribution in [0.15, 0.2) is 40.5 Å². The minimum Gasteiger partial charge on any atom is -0.370 e. The number of anilines is 1. The third-order valence-corrected chi connectivity index (χ3v) is 4.55. The van der Waals surface area contributed by atoms with E-state index in [1.165, 1.54) is 0 Å². The molecule has 3 nitrogen and oxygen atoms in total. The molecule has 0 saturated heterocycles. The molecule has 1 N–H and O–H groups in total. The van der Waals surface area contributed by atoms with Crippen molar-refractivity contribution in [2.45, 2.75) is 43.0 Å². The monoisotopic (exact) mass is 321 g/mol. The second-order valence-corrected chi connectivity index (χ2v) is 6.49. The molecule has 0 radical (unpaired) electrons. The average molecular weight is 322 g/mol. The third kappa shape index (κ3) is 4.11. The average Bonchev–Trinajstić information content (AvgIpc) is 2.47. The van der Waals surface area contributed by atoms with Crippen molar-refractivity contribution in [3.8, 4) is 0 Å². The van der Waals surface area contributed by atoms with Crippen molar-refractivity contribution >= 4 is 29.2 Å². The normalized spacial score (nSPS) is 10.9. The summed E-state index contributed by atoms with van der Waals surface area (Å²) in [7, 11) is 0. The lowest BCUT2D eigenvalue weighted by Crippen LogP contribution is -2.08. The number of nitrogens with zero attached hydrogens (tertiary/aromatic N) is 2. The molecule has 0 atom stereocenters. The van der Waals surface area contributed by atoms with Gasteiger partial charge in [-0.2, -0.15) is 0 Å². The van der Waals surface area contributed by atoms with Crippen molar-refractivity contribution in [3.05, 3.63) is 41.2 Å². The minimum atomic E-state index is 0.343. The van der Waals surface area contributed by atoms with Crippen LogP contribution in [0.3, 0.4) is 0 Å². The highest BCUT2D eigenvalue weighted by Gasteiger charge is 2.16. The summed E-state index contributed by atoms with van der Waals surface area (Å²) in [5.74, 6) is 1.27. The molecule has 21 heavy (non-hydrogen) atoms.